The van der Waals surface area contributed by atoms with Crippen LogP contribution in [0.2, 0.25) is 0 Å². The molecule has 156 valence electrons. The van der Waals surface area contributed by atoms with E-state index in [0.29, 0.717) is 10.9 Å². The van der Waals surface area contributed by atoms with Crippen molar-refractivity contribution in [2.24, 2.45) is 0 Å². The van der Waals surface area contributed by atoms with Gasteiger partial charge in [0.25, 0.3) is 0 Å². The number of anilines is 2. The maximum absolute atomic E-state index is 12.3. The average molecular weight is 424 g/mol. The number of hydrogen-bond acceptors (Lipinski definition) is 6. The molecule has 30 heavy (non-hydrogen) atoms. The molecule has 0 saturated carbocycles. The first-order chi connectivity index (χ1) is 14.3. The molecular formula is C22H25N5O2S. The fraction of sp³-hybridized carbons (Fsp3) is 0.273. The summed E-state index contributed by atoms with van der Waals surface area (Å²) in [7, 11) is 1.71. The van der Waals surface area contributed by atoms with Crippen molar-refractivity contribution in [3.8, 4) is 11.3 Å². The van der Waals surface area contributed by atoms with Crippen LogP contribution in [0.4, 0.5) is 10.9 Å². The Labute approximate surface area is 180 Å². The number of likely N-dealkylation sites (N-methyl/N-ethyl adjacent to an activating group) is 1. The molecule has 2 amide bonds. The van der Waals surface area contributed by atoms with Gasteiger partial charge in [0.05, 0.1) is 18.8 Å². The quantitative estimate of drug-likeness (QED) is 0.606. The summed E-state index contributed by atoms with van der Waals surface area (Å²) in [5, 5.41) is 7.99. The van der Waals surface area contributed by atoms with Crippen molar-refractivity contribution in [1.82, 2.24) is 14.9 Å². The predicted octanol–water partition coefficient (Wildman–Crippen LogP) is 3.64. The minimum atomic E-state index is -0.227. The standard InChI is InChI=1S/C22H25N5O2S/c1-14-8-9-17(10-15(14)2)18-13-30-22(24-18)26-21(29)12-27(4)11-20(28)25-19-7-5-6-16(3)23-19/h5-10,13H,11-12H2,1-4H3,(H,23,25,28)(H,24,26,29). The first kappa shape index (κ1) is 21.6. The smallest absolute Gasteiger partial charge is 0.240 e. The van der Waals surface area contributed by atoms with Gasteiger partial charge >= 0.3 is 0 Å². The molecule has 0 aliphatic heterocycles. The van der Waals surface area contributed by atoms with Gasteiger partial charge in [-0.05, 0) is 57.1 Å². The highest BCUT2D eigenvalue weighted by Crippen LogP contribution is 2.26. The lowest BCUT2D eigenvalue weighted by molar-refractivity contribution is -0.119. The third-order valence-electron chi connectivity index (χ3n) is 4.54. The summed E-state index contributed by atoms with van der Waals surface area (Å²) < 4.78 is 0. The van der Waals surface area contributed by atoms with E-state index in [0.717, 1.165) is 17.0 Å². The lowest BCUT2D eigenvalue weighted by Crippen LogP contribution is -2.36. The van der Waals surface area contributed by atoms with Crippen LogP contribution in [0, 0.1) is 20.8 Å². The number of aryl methyl sites for hydroxylation is 3. The molecule has 2 heterocycles. The van der Waals surface area contributed by atoms with Crippen LogP contribution in [0.25, 0.3) is 11.3 Å². The molecule has 0 radical (unpaired) electrons. The number of thiazole rings is 1. The van der Waals surface area contributed by atoms with E-state index in [1.54, 1.807) is 18.0 Å². The maximum Gasteiger partial charge on any atom is 0.240 e. The van der Waals surface area contributed by atoms with Crippen molar-refractivity contribution in [3.63, 3.8) is 0 Å². The summed E-state index contributed by atoms with van der Waals surface area (Å²) in [5.41, 5.74) is 5.11. The molecule has 2 aromatic heterocycles. The summed E-state index contributed by atoms with van der Waals surface area (Å²) in [4.78, 5) is 34.9. The Bertz CT molecular complexity index is 1060. The number of pyridine rings is 1. The Balaban J connectivity index is 1.51. The Morgan fingerprint density at radius 2 is 1.70 bits per heavy atom. The van der Waals surface area contributed by atoms with Crippen LogP contribution in [0.15, 0.2) is 41.8 Å². The lowest BCUT2D eigenvalue weighted by Gasteiger charge is -2.15. The summed E-state index contributed by atoms with van der Waals surface area (Å²) in [6, 6.07) is 11.6. The number of nitrogens with zero attached hydrogens (tertiary/aromatic N) is 3. The molecule has 0 atom stereocenters. The SMILES string of the molecule is Cc1cccc(NC(=O)CN(C)CC(=O)Nc2nc(-c3ccc(C)c(C)c3)cs2)n1. The highest BCUT2D eigenvalue weighted by atomic mass is 32.1. The van der Waals surface area contributed by atoms with Crippen LogP contribution in [-0.4, -0.2) is 46.8 Å². The number of amides is 2. The third kappa shape index (κ3) is 5.95. The molecule has 7 nitrogen and oxygen atoms in total. The summed E-state index contributed by atoms with van der Waals surface area (Å²) in [5.74, 6) is 0.0501. The molecular weight excluding hydrogens is 398 g/mol. The van der Waals surface area contributed by atoms with Gasteiger partial charge in [0.15, 0.2) is 5.13 Å². The van der Waals surface area contributed by atoms with E-state index in [9.17, 15) is 9.59 Å². The van der Waals surface area contributed by atoms with Crippen LogP contribution in [-0.2, 0) is 9.59 Å². The molecule has 0 spiro atoms. The van der Waals surface area contributed by atoms with E-state index in [4.69, 9.17) is 0 Å². The Morgan fingerprint density at radius 1 is 0.967 bits per heavy atom. The van der Waals surface area contributed by atoms with Crippen molar-refractivity contribution in [3.05, 3.63) is 58.6 Å². The Hall–Kier alpha value is -3.10. The van der Waals surface area contributed by atoms with Crippen LogP contribution in [0.1, 0.15) is 16.8 Å². The van der Waals surface area contributed by atoms with Crippen LogP contribution < -0.4 is 10.6 Å². The van der Waals surface area contributed by atoms with E-state index < -0.39 is 0 Å². The van der Waals surface area contributed by atoms with E-state index in [1.807, 2.05) is 30.5 Å². The fourth-order valence-corrected chi connectivity index (χ4v) is 3.60. The zero-order chi connectivity index (χ0) is 21.7. The zero-order valence-corrected chi connectivity index (χ0v) is 18.3. The molecule has 0 bridgehead atoms. The van der Waals surface area contributed by atoms with E-state index in [2.05, 4.69) is 46.6 Å². The molecule has 2 N–H and O–H groups in total. The van der Waals surface area contributed by atoms with Gasteiger partial charge in [0.2, 0.25) is 11.8 Å². The third-order valence-corrected chi connectivity index (χ3v) is 5.29. The second-order valence-corrected chi connectivity index (χ2v) is 8.13. The van der Waals surface area contributed by atoms with Gasteiger partial charge in [-0.3, -0.25) is 14.5 Å². The molecule has 0 saturated heterocycles. The minimum absolute atomic E-state index is 0.0766. The molecule has 1 aromatic carbocycles. The monoisotopic (exact) mass is 423 g/mol. The highest BCUT2D eigenvalue weighted by molar-refractivity contribution is 7.14. The van der Waals surface area contributed by atoms with Crippen molar-refractivity contribution in [2.45, 2.75) is 20.8 Å². The fourth-order valence-electron chi connectivity index (χ4n) is 2.86. The molecule has 3 rings (SSSR count). The Kier molecular flexibility index (Phi) is 6.91. The van der Waals surface area contributed by atoms with Gasteiger partial charge < -0.3 is 10.6 Å². The van der Waals surface area contributed by atoms with Crippen molar-refractivity contribution >= 4 is 34.1 Å². The molecule has 3 aromatic rings. The van der Waals surface area contributed by atoms with Crippen LogP contribution >= 0.6 is 11.3 Å². The lowest BCUT2D eigenvalue weighted by atomic mass is 10.1. The predicted molar refractivity (Wildman–Crippen MR) is 121 cm³/mol. The molecule has 0 aliphatic rings. The van der Waals surface area contributed by atoms with E-state index in [-0.39, 0.29) is 24.9 Å². The van der Waals surface area contributed by atoms with Crippen LogP contribution in [0.3, 0.4) is 0 Å². The van der Waals surface area contributed by atoms with E-state index >= 15 is 0 Å². The number of hydrogen-bond donors (Lipinski definition) is 2. The summed E-state index contributed by atoms with van der Waals surface area (Å²) in [6.07, 6.45) is 0. The maximum atomic E-state index is 12.3. The zero-order valence-electron chi connectivity index (χ0n) is 17.5. The van der Waals surface area contributed by atoms with Gasteiger partial charge in [0, 0.05) is 16.6 Å². The number of carbonyl (C=O) groups is 2. The average Bonchev–Trinajstić information content (AvgIpc) is 3.11. The van der Waals surface area contributed by atoms with Gasteiger partial charge in [0.1, 0.15) is 5.82 Å². The van der Waals surface area contributed by atoms with Crippen LogP contribution in [0.5, 0.6) is 0 Å². The van der Waals surface area contributed by atoms with Gasteiger partial charge in [-0.15, -0.1) is 11.3 Å². The second-order valence-electron chi connectivity index (χ2n) is 7.27. The Morgan fingerprint density at radius 3 is 2.40 bits per heavy atom. The first-order valence-electron chi connectivity index (χ1n) is 9.55. The summed E-state index contributed by atoms with van der Waals surface area (Å²) in [6.45, 7) is 6.15. The number of aromatic nitrogens is 2. The number of rotatable bonds is 7. The molecule has 0 unspecified atom stereocenters. The summed E-state index contributed by atoms with van der Waals surface area (Å²) >= 11 is 1.38. The molecule has 0 aliphatic carbocycles. The number of nitrogens with one attached hydrogen (secondary N) is 2. The molecule has 0 fully saturated rings. The van der Waals surface area contributed by atoms with Crippen molar-refractivity contribution in [2.75, 3.05) is 30.8 Å². The van der Waals surface area contributed by atoms with Gasteiger partial charge in [-0.25, -0.2) is 9.97 Å². The second kappa shape index (κ2) is 9.60. The topological polar surface area (TPSA) is 87.2 Å². The van der Waals surface area contributed by atoms with Gasteiger partial charge in [-0.2, -0.15) is 0 Å². The largest absolute Gasteiger partial charge is 0.310 e. The molecule has 8 heteroatoms. The normalized spacial score (nSPS) is 10.8. The number of carbonyl (C=O) groups excluding carboxylic acids is 2. The van der Waals surface area contributed by atoms with E-state index in [1.165, 1.54) is 22.5 Å². The first-order valence-corrected chi connectivity index (χ1v) is 10.4. The van der Waals surface area contributed by atoms with Gasteiger partial charge in [-0.1, -0.05) is 18.2 Å². The van der Waals surface area contributed by atoms with Crippen molar-refractivity contribution in [1.29, 1.82) is 0 Å². The highest BCUT2D eigenvalue weighted by Gasteiger charge is 2.13. The number of benzene rings is 1. The minimum Gasteiger partial charge on any atom is -0.310 e. The van der Waals surface area contributed by atoms with Crippen molar-refractivity contribution < 1.29 is 9.59 Å².